The van der Waals surface area contributed by atoms with Crippen LogP contribution in [0, 0.1) is 0 Å². The third kappa shape index (κ3) is 5.03. The second-order valence-corrected chi connectivity index (χ2v) is 9.66. The average molecular weight is 514 g/mol. The molecule has 4 aromatic rings. The fourth-order valence-corrected chi connectivity index (χ4v) is 4.46. The molecule has 3 aromatic carbocycles. The average Bonchev–Trinajstić information content (AvgIpc) is 2.87. The first-order valence-corrected chi connectivity index (χ1v) is 12.5. The summed E-state index contributed by atoms with van der Waals surface area (Å²) in [6.07, 6.45) is 0.494. The molecule has 2 N–H and O–H groups in total. The van der Waals surface area contributed by atoms with E-state index < -0.39 is 33.2 Å². The van der Waals surface area contributed by atoms with Gasteiger partial charge < -0.3 is 5.32 Å². The minimum atomic E-state index is -5.86. The lowest BCUT2D eigenvalue weighted by molar-refractivity contribution is -0.0429. The van der Waals surface area contributed by atoms with E-state index in [1.54, 1.807) is 53.3 Å². The van der Waals surface area contributed by atoms with Gasteiger partial charge in [0, 0.05) is 10.9 Å². The zero-order valence-corrected chi connectivity index (χ0v) is 19.9. The number of rotatable bonds is 7. The number of alkyl halides is 3. The van der Waals surface area contributed by atoms with Crippen molar-refractivity contribution in [2.24, 2.45) is 0 Å². The highest BCUT2D eigenvalue weighted by atomic mass is 32.2. The summed E-state index contributed by atoms with van der Waals surface area (Å²) in [4.78, 5) is 18.1. The van der Waals surface area contributed by atoms with E-state index in [1.807, 2.05) is 37.3 Å². The van der Waals surface area contributed by atoms with Gasteiger partial charge in [0.15, 0.2) is 0 Å². The van der Waals surface area contributed by atoms with Crippen LogP contribution in [0.25, 0.3) is 22.2 Å². The van der Waals surface area contributed by atoms with Crippen molar-refractivity contribution in [3.05, 3.63) is 96.1 Å². The lowest BCUT2D eigenvalue weighted by Crippen LogP contribution is -2.33. The fourth-order valence-electron chi connectivity index (χ4n) is 3.88. The molecule has 0 bridgehead atoms. The molecule has 1 heterocycles. The van der Waals surface area contributed by atoms with Crippen LogP contribution >= 0.6 is 0 Å². The van der Waals surface area contributed by atoms with Crippen molar-refractivity contribution >= 4 is 32.5 Å². The normalized spacial score (nSPS) is 12.8. The molecule has 0 saturated carbocycles. The van der Waals surface area contributed by atoms with Crippen LogP contribution in [0.5, 0.6) is 0 Å². The van der Waals surface area contributed by atoms with Gasteiger partial charge in [0.1, 0.15) is 0 Å². The van der Waals surface area contributed by atoms with Gasteiger partial charge in [-0.25, -0.2) is 4.98 Å². The van der Waals surface area contributed by atoms with E-state index in [0.29, 0.717) is 17.5 Å². The summed E-state index contributed by atoms with van der Waals surface area (Å²) in [5.74, 6) is -0.735. The van der Waals surface area contributed by atoms with Crippen LogP contribution in [0.2, 0.25) is 0 Å². The highest BCUT2D eigenvalue weighted by Crippen LogP contribution is 2.37. The van der Waals surface area contributed by atoms with E-state index >= 15 is 0 Å². The van der Waals surface area contributed by atoms with Crippen LogP contribution in [0.15, 0.2) is 84.9 Å². The van der Waals surface area contributed by atoms with Gasteiger partial charge in [-0.2, -0.15) is 21.6 Å². The molecule has 1 atom stereocenters. The highest BCUT2D eigenvalue weighted by Gasteiger charge is 2.47. The number of halogens is 3. The lowest BCUT2D eigenvalue weighted by atomic mass is 9.99. The number of aromatic nitrogens is 1. The summed E-state index contributed by atoms with van der Waals surface area (Å²) in [6, 6.07) is 23.1. The van der Waals surface area contributed by atoms with Gasteiger partial charge in [-0.3, -0.25) is 9.52 Å². The van der Waals surface area contributed by atoms with Crippen LogP contribution in [-0.4, -0.2) is 24.8 Å². The minimum Gasteiger partial charge on any atom is -0.345 e. The minimum absolute atomic E-state index is 0.0972. The SMILES string of the molecule is CC[C@H](NC(=O)c1c(NS(=O)(=O)C(F)(F)F)c(-c2ccccc2)nc2ccccc12)c1ccccc1. The second kappa shape index (κ2) is 9.98. The van der Waals surface area contributed by atoms with E-state index in [9.17, 15) is 26.4 Å². The number of nitrogens with zero attached hydrogens (tertiary/aromatic N) is 1. The number of fused-ring (bicyclic) bond motifs is 1. The highest BCUT2D eigenvalue weighted by molar-refractivity contribution is 7.93. The third-order valence-corrected chi connectivity index (χ3v) is 6.71. The molecule has 0 aliphatic carbocycles. The van der Waals surface area contributed by atoms with E-state index in [-0.39, 0.29) is 16.6 Å². The van der Waals surface area contributed by atoms with Crippen LogP contribution in [0.1, 0.15) is 35.3 Å². The first-order valence-electron chi connectivity index (χ1n) is 11.1. The number of carbonyl (C=O) groups excluding carboxylic acids is 1. The molecule has 0 aliphatic rings. The molecule has 0 radical (unpaired) electrons. The largest absolute Gasteiger partial charge is 0.516 e. The van der Waals surface area contributed by atoms with E-state index in [4.69, 9.17) is 0 Å². The van der Waals surface area contributed by atoms with Crippen molar-refractivity contribution < 1.29 is 26.4 Å². The van der Waals surface area contributed by atoms with Crippen LogP contribution in [0.4, 0.5) is 18.9 Å². The number of benzene rings is 3. The number of carbonyl (C=O) groups is 1. The van der Waals surface area contributed by atoms with Gasteiger partial charge in [0.25, 0.3) is 5.91 Å². The van der Waals surface area contributed by atoms with Gasteiger partial charge >= 0.3 is 15.5 Å². The van der Waals surface area contributed by atoms with Crippen molar-refractivity contribution in [3.63, 3.8) is 0 Å². The van der Waals surface area contributed by atoms with E-state index in [2.05, 4.69) is 10.3 Å². The molecule has 0 spiro atoms. The standard InChI is InChI=1S/C26H22F3N3O3S/c1-2-20(17-11-5-3-6-12-17)31-25(33)22-19-15-9-10-16-21(19)30-23(18-13-7-4-8-14-18)24(22)32-36(34,35)26(27,28)29/h3-16,20,32H,2H2,1H3,(H,31,33)/t20-/m0/s1. The van der Waals surface area contributed by atoms with Gasteiger partial charge in [-0.15, -0.1) is 0 Å². The molecular formula is C26H22F3N3O3S. The summed E-state index contributed by atoms with van der Waals surface area (Å²) < 4.78 is 66.3. The van der Waals surface area contributed by atoms with Crippen molar-refractivity contribution in [1.29, 1.82) is 0 Å². The lowest BCUT2D eigenvalue weighted by Gasteiger charge is -2.22. The van der Waals surface area contributed by atoms with Gasteiger partial charge in [-0.1, -0.05) is 85.8 Å². The molecule has 0 aliphatic heterocycles. The Kier molecular flexibility index (Phi) is 6.98. The van der Waals surface area contributed by atoms with Crippen molar-refractivity contribution in [1.82, 2.24) is 10.3 Å². The number of hydrogen-bond donors (Lipinski definition) is 2. The van der Waals surface area contributed by atoms with Gasteiger partial charge in [-0.05, 0) is 18.1 Å². The quantitative estimate of drug-likeness (QED) is 0.315. The number of hydrogen-bond acceptors (Lipinski definition) is 4. The monoisotopic (exact) mass is 513 g/mol. The zero-order chi connectivity index (χ0) is 25.9. The van der Waals surface area contributed by atoms with Crippen molar-refractivity contribution in [2.45, 2.75) is 24.9 Å². The number of nitrogens with one attached hydrogen (secondary N) is 2. The van der Waals surface area contributed by atoms with Crippen LogP contribution < -0.4 is 10.0 Å². The maximum absolute atomic E-state index is 13.7. The summed E-state index contributed by atoms with van der Waals surface area (Å²) in [7, 11) is -5.86. The molecule has 186 valence electrons. The van der Waals surface area contributed by atoms with Crippen LogP contribution in [0.3, 0.4) is 0 Å². The Balaban J connectivity index is 1.96. The number of anilines is 1. The van der Waals surface area contributed by atoms with Gasteiger partial charge in [0.2, 0.25) is 0 Å². The summed E-state index contributed by atoms with van der Waals surface area (Å²) in [5, 5.41) is 3.06. The Bertz CT molecular complexity index is 1490. The van der Waals surface area contributed by atoms with Crippen molar-refractivity contribution in [2.75, 3.05) is 4.72 Å². The Morgan fingerprint density at radius 1 is 0.917 bits per heavy atom. The maximum Gasteiger partial charge on any atom is 0.516 e. The predicted octanol–water partition coefficient (Wildman–Crippen LogP) is 6.04. The third-order valence-electron chi connectivity index (χ3n) is 5.62. The molecule has 0 unspecified atom stereocenters. The molecule has 6 nitrogen and oxygen atoms in total. The van der Waals surface area contributed by atoms with Crippen molar-refractivity contribution in [3.8, 4) is 11.3 Å². The summed E-state index contributed by atoms with van der Waals surface area (Å²) >= 11 is 0. The molecule has 0 saturated heterocycles. The first-order chi connectivity index (χ1) is 17.1. The first kappa shape index (κ1) is 25.2. The Morgan fingerprint density at radius 3 is 2.11 bits per heavy atom. The Hall–Kier alpha value is -3.92. The molecular weight excluding hydrogens is 491 g/mol. The molecule has 1 amide bonds. The maximum atomic E-state index is 13.7. The topological polar surface area (TPSA) is 88.2 Å². The Morgan fingerprint density at radius 2 is 1.50 bits per heavy atom. The van der Waals surface area contributed by atoms with Crippen LogP contribution in [-0.2, 0) is 10.0 Å². The summed E-state index contributed by atoms with van der Waals surface area (Å²) in [6.45, 7) is 1.85. The molecule has 0 fully saturated rings. The Labute approximate surface area is 206 Å². The molecule has 4 rings (SSSR count). The molecule has 36 heavy (non-hydrogen) atoms. The predicted molar refractivity (Wildman–Crippen MR) is 133 cm³/mol. The molecule has 10 heteroatoms. The number of amides is 1. The number of sulfonamides is 1. The zero-order valence-electron chi connectivity index (χ0n) is 19.1. The van der Waals surface area contributed by atoms with E-state index in [1.165, 1.54) is 6.07 Å². The number of pyridine rings is 1. The summed E-state index contributed by atoms with van der Waals surface area (Å²) in [5.41, 5.74) is -5.03. The molecule has 1 aromatic heterocycles. The fraction of sp³-hybridized carbons (Fsp3) is 0.154. The van der Waals surface area contributed by atoms with E-state index in [0.717, 1.165) is 5.56 Å². The second-order valence-electron chi connectivity index (χ2n) is 7.99. The number of para-hydroxylation sites is 1. The van der Waals surface area contributed by atoms with Gasteiger partial charge in [0.05, 0.1) is 28.5 Å². The smallest absolute Gasteiger partial charge is 0.345 e.